The molecule has 108 valence electrons. The van der Waals surface area contributed by atoms with Crippen molar-refractivity contribution < 1.29 is 0 Å². The van der Waals surface area contributed by atoms with E-state index in [0.29, 0.717) is 15.9 Å². The van der Waals surface area contributed by atoms with Crippen molar-refractivity contribution in [1.82, 2.24) is 9.97 Å². The number of fused-ring (bicyclic) bond motifs is 1. The summed E-state index contributed by atoms with van der Waals surface area (Å²) in [5.41, 5.74) is 6.58. The molecule has 7 heteroatoms. The van der Waals surface area contributed by atoms with Gasteiger partial charge in [-0.1, -0.05) is 30.1 Å². The Balaban J connectivity index is 2.06. The first-order chi connectivity index (χ1) is 10.1. The molecule has 0 bridgehead atoms. The molecular formula is C14H12Cl2N4S. The normalized spacial score (nSPS) is 11.0. The summed E-state index contributed by atoms with van der Waals surface area (Å²) < 4.78 is 0. The highest BCUT2D eigenvalue weighted by atomic mass is 35.5. The number of hydrogen-bond acceptors (Lipinski definition) is 5. The van der Waals surface area contributed by atoms with Crippen LogP contribution in [0.2, 0.25) is 10.0 Å². The zero-order valence-electron chi connectivity index (χ0n) is 11.2. The number of hydrogen-bond donors (Lipinski definition) is 2. The second-order valence-corrected chi connectivity index (χ2v) is 6.40. The Morgan fingerprint density at radius 1 is 1.19 bits per heavy atom. The second-order valence-electron chi connectivity index (χ2n) is 4.47. The summed E-state index contributed by atoms with van der Waals surface area (Å²) in [6, 6.07) is 7.41. The van der Waals surface area contributed by atoms with Gasteiger partial charge in [-0.05, 0) is 30.7 Å². The van der Waals surface area contributed by atoms with Crippen molar-refractivity contribution in [3.63, 3.8) is 0 Å². The fourth-order valence-corrected chi connectivity index (χ4v) is 3.24. The van der Waals surface area contributed by atoms with Gasteiger partial charge in [0.25, 0.3) is 0 Å². The predicted molar refractivity (Wildman–Crippen MR) is 91.0 cm³/mol. The Morgan fingerprint density at radius 3 is 2.71 bits per heavy atom. The summed E-state index contributed by atoms with van der Waals surface area (Å²) in [5.74, 6) is 0.918. The minimum Gasteiger partial charge on any atom is -0.368 e. The van der Waals surface area contributed by atoms with E-state index in [4.69, 9.17) is 28.9 Å². The highest BCUT2D eigenvalue weighted by molar-refractivity contribution is 7.18. The lowest BCUT2D eigenvalue weighted by atomic mass is 10.3. The van der Waals surface area contributed by atoms with Crippen LogP contribution in [0.5, 0.6) is 0 Å². The van der Waals surface area contributed by atoms with Crippen LogP contribution in [-0.2, 0) is 6.42 Å². The quantitative estimate of drug-likeness (QED) is 0.713. The Kier molecular flexibility index (Phi) is 3.89. The number of anilines is 3. The molecule has 0 saturated carbocycles. The van der Waals surface area contributed by atoms with E-state index in [9.17, 15) is 0 Å². The standard InChI is InChI=1S/C14H12Cl2N4S/c1-2-8-6-9-12(19-14(17)20-13(9)21-8)18-7-3-4-10(15)11(16)5-7/h3-6H,2H2,1H3,(H3,17,18,19,20). The minimum absolute atomic E-state index is 0.245. The second kappa shape index (κ2) is 5.67. The fraction of sp³-hybridized carbons (Fsp3) is 0.143. The summed E-state index contributed by atoms with van der Waals surface area (Å²) in [7, 11) is 0. The average molecular weight is 339 g/mol. The molecule has 2 heterocycles. The van der Waals surface area contributed by atoms with E-state index in [2.05, 4.69) is 28.3 Å². The molecule has 0 aliphatic rings. The third kappa shape index (κ3) is 2.90. The smallest absolute Gasteiger partial charge is 0.223 e. The van der Waals surface area contributed by atoms with E-state index in [0.717, 1.165) is 22.3 Å². The van der Waals surface area contributed by atoms with Gasteiger partial charge in [0.05, 0.1) is 15.4 Å². The zero-order valence-corrected chi connectivity index (χ0v) is 13.5. The molecule has 0 aliphatic heterocycles. The van der Waals surface area contributed by atoms with Crippen LogP contribution >= 0.6 is 34.5 Å². The number of aryl methyl sites for hydroxylation is 1. The van der Waals surface area contributed by atoms with Gasteiger partial charge in [0.15, 0.2) is 0 Å². The number of nitrogens with zero attached hydrogens (tertiary/aromatic N) is 2. The van der Waals surface area contributed by atoms with Gasteiger partial charge in [0, 0.05) is 10.6 Å². The maximum Gasteiger partial charge on any atom is 0.223 e. The molecule has 0 unspecified atom stereocenters. The molecule has 3 rings (SSSR count). The van der Waals surface area contributed by atoms with Gasteiger partial charge in [-0.15, -0.1) is 11.3 Å². The van der Waals surface area contributed by atoms with E-state index in [1.807, 2.05) is 6.07 Å². The van der Waals surface area contributed by atoms with Gasteiger partial charge < -0.3 is 11.1 Å². The summed E-state index contributed by atoms with van der Waals surface area (Å²) in [4.78, 5) is 10.7. The molecule has 21 heavy (non-hydrogen) atoms. The maximum absolute atomic E-state index is 6.03. The molecule has 1 aromatic carbocycles. The van der Waals surface area contributed by atoms with Crippen LogP contribution in [0.15, 0.2) is 24.3 Å². The summed E-state index contributed by atoms with van der Waals surface area (Å²) in [5, 5.41) is 5.18. The van der Waals surface area contributed by atoms with Crippen LogP contribution in [0.3, 0.4) is 0 Å². The first-order valence-corrected chi connectivity index (χ1v) is 7.92. The average Bonchev–Trinajstić information content (AvgIpc) is 2.86. The highest BCUT2D eigenvalue weighted by Crippen LogP contribution is 2.33. The van der Waals surface area contributed by atoms with Crippen LogP contribution in [-0.4, -0.2) is 9.97 Å². The van der Waals surface area contributed by atoms with Crippen molar-refractivity contribution in [1.29, 1.82) is 0 Å². The molecule has 3 N–H and O–H groups in total. The minimum atomic E-state index is 0.245. The molecule has 0 saturated heterocycles. The highest BCUT2D eigenvalue weighted by Gasteiger charge is 2.11. The van der Waals surface area contributed by atoms with E-state index < -0.39 is 0 Å². The van der Waals surface area contributed by atoms with Gasteiger partial charge in [-0.3, -0.25) is 0 Å². The first kappa shape index (κ1) is 14.4. The lowest BCUT2D eigenvalue weighted by molar-refractivity contribution is 1.19. The van der Waals surface area contributed by atoms with E-state index >= 15 is 0 Å². The van der Waals surface area contributed by atoms with Gasteiger partial charge >= 0.3 is 0 Å². The predicted octanol–water partition coefficient (Wildman–Crippen LogP) is 4.89. The molecule has 0 atom stereocenters. The van der Waals surface area contributed by atoms with Crippen LogP contribution in [0.1, 0.15) is 11.8 Å². The van der Waals surface area contributed by atoms with Crippen LogP contribution in [0.25, 0.3) is 10.2 Å². The zero-order chi connectivity index (χ0) is 15.0. The van der Waals surface area contributed by atoms with Crippen molar-refractivity contribution in [3.05, 3.63) is 39.2 Å². The van der Waals surface area contributed by atoms with Gasteiger partial charge in [-0.25, -0.2) is 4.98 Å². The Labute approximate surface area is 135 Å². The van der Waals surface area contributed by atoms with Crippen molar-refractivity contribution in [2.75, 3.05) is 11.1 Å². The molecule has 2 aromatic heterocycles. The lowest BCUT2D eigenvalue weighted by Crippen LogP contribution is -2.00. The molecule has 0 aliphatic carbocycles. The molecule has 4 nitrogen and oxygen atoms in total. The van der Waals surface area contributed by atoms with Gasteiger partial charge in [0.2, 0.25) is 5.95 Å². The largest absolute Gasteiger partial charge is 0.368 e. The number of thiophene rings is 1. The topological polar surface area (TPSA) is 63.8 Å². The third-order valence-electron chi connectivity index (χ3n) is 2.99. The number of aromatic nitrogens is 2. The van der Waals surface area contributed by atoms with E-state index in [1.54, 1.807) is 23.5 Å². The van der Waals surface area contributed by atoms with E-state index in [1.165, 1.54) is 4.88 Å². The molecule has 0 radical (unpaired) electrons. The SMILES string of the molecule is CCc1cc2c(Nc3ccc(Cl)c(Cl)c3)nc(N)nc2s1. The first-order valence-electron chi connectivity index (χ1n) is 6.35. The lowest BCUT2D eigenvalue weighted by Gasteiger charge is -2.08. The number of nitrogen functional groups attached to an aromatic ring is 1. The Morgan fingerprint density at radius 2 is 2.00 bits per heavy atom. The van der Waals surface area contributed by atoms with Crippen molar-refractivity contribution in [3.8, 4) is 0 Å². The van der Waals surface area contributed by atoms with Gasteiger partial charge in [-0.2, -0.15) is 4.98 Å². The van der Waals surface area contributed by atoms with Crippen LogP contribution in [0.4, 0.5) is 17.5 Å². The maximum atomic E-state index is 6.03. The molecular weight excluding hydrogens is 327 g/mol. The summed E-state index contributed by atoms with van der Waals surface area (Å²) in [6.45, 7) is 2.10. The summed E-state index contributed by atoms with van der Waals surface area (Å²) >= 11 is 13.6. The number of benzene rings is 1. The molecule has 0 spiro atoms. The molecule has 3 aromatic rings. The van der Waals surface area contributed by atoms with E-state index in [-0.39, 0.29) is 5.95 Å². The third-order valence-corrected chi connectivity index (χ3v) is 4.90. The fourth-order valence-electron chi connectivity index (χ4n) is 1.97. The monoisotopic (exact) mass is 338 g/mol. The number of halogens is 2. The van der Waals surface area contributed by atoms with Crippen LogP contribution < -0.4 is 11.1 Å². The van der Waals surface area contributed by atoms with Crippen molar-refractivity contribution in [2.24, 2.45) is 0 Å². The Hall–Kier alpha value is -1.56. The van der Waals surface area contributed by atoms with Crippen LogP contribution in [0, 0.1) is 0 Å². The summed E-state index contributed by atoms with van der Waals surface area (Å²) in [6.07, 6.45) is 0.952. The van der Waals surface area contributed by atoms with Gasteiger partial charge in [0.1, 0.15) is 10.6 Å². The number of nitrogens with two attached hydrogens (primary N) is 1. The number of rotatable bonds is 3. The Bertz CT molecular complexity index is 816. The molecule has 0 fully saturated rings. The van der Waals surface area contributed by atoms with Crippen molar-refractivity contribution >= 4 is 62.2 Å². The molecule has 0 amide bonds. The number of nitrogens with one attached hydrogen (secondary N) is 1. The van der Waals surface area contributed by atoms with Crippen molar-refractivity contribution in [2.45, 2.75) is 13.3 Å².